The summed E-state index contributed by atoms with van der Waals surface area (Å²) in [5.74, 6) is -1.55. The molecule has 0 aliphatic carbocycles. The van der Waals surface area contributed by atoms with Gasteiger partial charge in [0.05, 0.1) is 6.61 Å². The second-order valence-electron chi connectivity index (χ2n) is 4.24. The van der Waals surface area contributed by atoms with Gasteiger partial charge in [-0.05, 0) is 5.56 Å². The molecule has 1 atom stereocenters. The van der Waals surface area contributed by atoms with Gasteiger partial charge in [0.25, 0.3) is 0 Å². The van der Waals surface area contributed by atoms with E-state index in [1.807, 2.05) is 6.07 Å². The third kappa shape index (κ3) is 1.60. The molecule has 1 unspecified atom stereocenters. The third-order valence-electron chi connectivity index (χ3n) is 2.55. The molecular formula is C12H14O4. The number of hydrogen-bond acceptors (Lipinski definition) is 4. The van der Waals surface area contributed by atoms with Gasteiger partial charge in [-0.3, -0.25) is 0 Å². The van der Waals surface area contributed by atoms with E-state index in [9.17, 15) is 9.90 Å². The molecule has 1 heterocycles. The molecule has 1 saturated heterocycles. The van der Waals surface area contributed by atoms with E-state index in [4.69, 9.17) is 9.47 Å². The summed E-state index contributed by atoms with van der Waals surface area (Å²) < 4.78 is 10.7. The van der Waals surface area contributed by atoms with Gasteiger partial charge < -0.3 is 14.6 Å². The van der Waals surface area contributed by atoms with Crippen LogP contribution in [0.3, 0.4) is 0 Å². The highest BCUT2D eigenvalue weighted by atomic mass is 16.8. The number of carbonyl (C=O) groups excluding carboxylic acids is 1. The first-order valence-corrected chi connectivity index (χ1v) is 5.10. The summed E-state index contributed by atoms with van der Waals surface area (Å²) in [6.07, 6.45) is 0. The number of rotatable bonds is 2. The van der Waals surface area contributed by atoms with Crippen LogP contribution in [0.2, 0.25) is 0 Å². The van der Waals surface area contributed by atoms with Gasteiger partial charge in [-0.1, -0.05) is 30.3 Å². The molecule has 86 valence electrons. The monoisotopic (exact) mass is 222 g/mol. The van der Waals surface area contributed by atoms with Crippen LogP contribution >= 0.6 is 0 Å². The van der Waals surface area contributed by atoms with Crippen LogP contribution in [0, 0.1) is 0 Å². The summed E-state index contributed by atoms with van der Waals surface area (Å²) in [6, 6.07) is 8.88. The maximum absolute atomic E-state index is 11.8. The first-order valence-electron chi connectivity index (χ1n) is 5.10. The number of carbonyl (C=O) groups is 1. The van der Waals surface area contributed by atoms with Crippen LogP contribution in [-0.4, -0.2) is 23.5 Å². The third-order valence-corrected chi connectivity index (χ3v) is 2.55. The van der Waals surface area contributed by atoms with Gasteiger partial charge in [0.2, 0.25) is 11.4 Å². The van der Waals surface area contributed by atoms with Crippen molar-refractivity contribution in [1.29, 1.82) is 0 Å². The zero-order valence-corrected chi connectivity index (χ0v) is 9.27. The minimum absolute atomic E-state index is 0.431. The van der Waals surface area contributed by atoms with E-state index in [0.717, 1.165) is 0 Å². The molecule has 4 heteroatoms. The lowest BCUT2D eigenvalue weighted by Gasteiger charge is -2.24. The van der Waals surface area contributed by atoms with Crippen molar-refractivity contribution in [2.45, 2.75) is 25.2 Å². The van der Waals surface area contributed by atoms with E-state index in [2.05, 4.69) is 0 Å². The fourth-order valence-corrected chi connectivity index (χ4v) is 1.86. The van der Waals surface area contributed by atoms with Crippen molar-refractivity contribution in [3.63, 3.8) is 0 Å². The number of esters is 1. The van der Waals surface area contributed by atoms with Crippen molar-refractivity contribution in [3.8, 4) is 0 Å². The molecule has 16 heavy (non-hydrogen) atoms. The number of aliphatic hydroxyl groups excluding tert-OH is 1. The molecule has 0 saturated carbocycles. The van der Waals surface area contributed by atoms with E-state index in [-0.39, 0.29) is 0 Å². The molecule has 4 nitrogen and oxygen atoms in total. The molecular weight excluding hydrogens is 208 g/mol. The molecule has 2 rings (SSSR count). The van der Waals surface area contributed by atoms with Crippen molar-refractivity contribution in [2.75, 3.05) is 6.61 Å². The smallest absolute Gasteiger partial charge is 0.348 e. The summed E-state index contributed by atoms with van der Waals surface area (Å²) in [4.78, 5) is 11.8. The van der Waals surface area contributed by atoms with E-state index in [1.54, 1.807) is 38.1 Å². The molecule has 1 aromatic carbocycles. The predicted octanol–water partition coefficient (Wildman–Crippen LogP) is 1.18. The SMILES string of the molecule is CC1(C)OC(=O)C(CO)(c2ccccc2)O1. The first kappa shape index (κ1) is 11.1. The van der Waals surface area contributed by atoms with Crippen LogP contribution in [0.1, 0.15) is 19.4 Å². The van der Waals surface area contributed by atoms with Crippen LogP contribution in [0.5, 0.6) is 0 Å². The lowest BCUT2D eigenvalue weighted by molar-refractivity contribution is -0.173. The van der Waals surface area contributed by atoms with Crippen molar-refractivity contribution in [1.82, 2.24) is 0 Å². The Morgan fingerprint density at radius 3 is 2.31 bits per heavy atom. The second-order valence-corrected chi connectivity index (χ2v) is 4.24. The van der Waals surface area contributed by atoms with E-state index in [0.29, 0.717) is 5.56 Å². The minimum Gasteiger partial charge on any atom is -0.431 e. The van der Waals surface area contributed by atoms with Gasteiger partial charge in [0.15, 0.2) is 0 Å². The predicted molar refractivity (Wildman–Crippen MR) is 56.5 cm³/mol. The summed E-state index contributed by atoms with van der Waals surface area (Å²) in [5.41, 5.74) is -0.779. The lowest BCUT2D eigenvalue weighted by Crippen LogP contribution is -2.38. The topological polar surface area (TPSA) is 55.8 Å². The van der Waals surface area contributed by atoms with Crippen molar-refractivity contribution in [3.05, 3.63) is 35.9 Å². The number of ether oxygens (including phenoxy) is 2. The van der Waals surface area contributed by atoms with Crippen LogP contribution in [0.4, 0.5) is 0 Å². The van der Waals surface area contributed by atoms with Gasteiger partial charge in [0.1, 0.15) is 0 Å². The first-order chi connectivity index (χ1) is 7.50. The molecule has 1 fully saturated rings. The lowest BCUT2D eigenvalue weighted by atomic mass is 9.95. The van der Waals surface area contributed by atoms with Gasteiger partial charge in [-0.25, -0.2) is 4.79 Å². The maximum Gasteiger partial charge on any atom is 0.348 e. The fourth-order valence-electron chi connectivity index (χ4n) is 1.86. The highest BCUT2D eigenvalue weighted by Gasteiger charge is 2.55. The van der Waals surface area contributed by atoms with Gasteiger partial charge >= 0.3 is 5.97 Å². The van der Waals surface area contributed by atoms with Crippen LogP contribution in [0.25, 0.3) is 0 Å². The van der Waals surface area contributed by atoms with Gasteiger partial charge in [-0.15, -0.1) is 0 Å². The summed E-state index contributed by atoms with van der Waals surface area (Å²) >= 11 is 0. The van der Waals surface area contributed by atoms with Crippen LogP contribution < -0.4 is 0 Å². The second kappa shape index (κ2) is 3.57. The molecule has 0 radical (unpaired) electrons. The number of benzene rings is 1. The standard InChI is InChI=1S/C12H14O4/c1-11(2)15-10(14)12(8-13,16-11)9-6-4-3-5-7-9/h3-7,13H,8H2,1-2H3. The molecule has 0 bridgehead atoms. The normalized spacial score (nSPS) is 27.8. The Balaban J connectivity index is 2.46. The van der Waals surface area contributed by atoms with E-state index in [1.165, 1.54) is 0 Å². The molecule has 0 amide bonds. The van der Waals surface area contributed by atoms with Gasteiger partial charge in [0, 0.05) is 13.8 Å². The van der Waals surface area contributed by atoms with E-state index < -0.39 is 24.0 Å². The molecule has 1 aliphatic rings. The quantitative estimate of drug-likeness (QED) is 0.763. The Labute approximate surface area is 93.8 Å². The number of cyclic esters (lactones) is 1. The maximum atomic E-state index is 11.8. The van der Waals surface area contributed by atoms with Crippen molar-refractivity contribution in [2.24, 2.45) is 0 Å². The Morgan fingerprint density at radius 2 is 1.88 bits per heavy atom. The summed E-state index contributed by atoms with van der Waals surface area (Å²) in [7, 11) is 0. The highest BCUT2D eigenvalue weighted by Crippen LogP contribution is 2.39. The minimum atomic E-state index is -1.38. The Kier molecular flexibility index (Phi) is 2.48. The number of hydrogen-bond donors (Lipinski definition) is 1. The highest BCUT2D eigenvalue weighted by molar-refractivity contribution is 5.83. The molecule has 1 N–H and O–H groups in total. The zero-order valence-electron chi connectivity index (χ0n) is 9.27. The Bertz CT molecular complexity index is 399. The molecule has 1 aromatic rings. The molecule has 1 aliphatic heterocycles. The zero-order chi connectivity index (χ0) is 11.8. The van der Waals surface area contributed by atoms with Gasteiger partial charge in [-0.2, -0.15) is 0 Å². The Hall–Kier alpha value is -1.39. The average molecular weight is 222 g/mol. The van der Waals surface area contributed by atoms with E-state index >= 15 is 0 Å². The van der Waals surface area contributed by atoms with Crippen LogP contribution in [0.15, 0.2) is 30.3 Å². The molecule has 0 aromatic heterocycles. The number of aliphatic hydroxyl groups is 1. The van der Waals surface area contributed by atoms with Crippen molar-refractivity contribution < 1.29 is 19.4 Å². The molecule has 0 spiro atoms. The fraction of sp³-hybridized carbons (Fsp3) is 0.417. The van der Waals surface area contributed by atoms with Crippen LogP contribution in [-0.2, 0) is 19.9 Å². The average Bonchev–Trinajstić information content (AvgIpc) is 2.50. The largest absolute Gasteiger partial charge is 0.431 e. The Morgan fingerprint density at radius 1 is 1.25 bits per heavy atom. The summed E-state index contributed by atoms with van der Waals surface area (Å²) in [5, 5.41) is 9.45. The van der Waals surface area contributed by atoms with Crippen molar-refractivity contribution >= 4 is 5.97 Å². The summed E-state index contributed by atoms with van der Waals surface area (Å²) in [6.45, 7) is 2.86.